The highest BCUT2D eigenvalue weighted by molar-refractivity contribution is 6.34. The number of benzene rings is 3. The fraction of sp³-hybridized carbons (Fsp3) is 0.125. The van der Waals surface area contributed by atoms with Crippen molar-refractivity contribution in [1.82, 2.24) is 10.9 Å². The van der Waals surface area contributed by atoms with E-state index >= 15 is 0 Å². The summed E-state index contributed by atoms with van der Waals surface area (Å²) in [5, 5.41) is 3.69. The zero-order valence-corrected chi connectivity index (χ0v) is 19.5. The molecule has 2 amide bonds. The van der Waals surface area contributed by atoms with E-state index in [4.69, 9.17) is 28.0 Å². The molecule has 1 aliphatic rings. The highest BCUT2D eigenvalue weighted by Crippen LogP contribution is 2.49. The molecular formula is C24H15Cl2F4N3O3. The van der Waals surface area contributed by atoms with E-state index in [1.165, 1.54) is 42.5 Å². The van der Waals surface area contributed by atoms with Crippen LogP contribution >= 0.6 is 23.2 Å². The van der Waals surface area contributed by atoms with Crippen molar-refractivity contribution in [3.05, 3.63) is 105 Å². The lowest BCUT2D eigenvalue weighted by atomic mass is 9.86. The van der Waals surface area contributed by atoms with E-state index in [9.17, 15) is 27.2 Å². The van der Waals surface area contributed by atoms with Crippen molar-refractivity contribution in [2.45, 2.75) is 18.2 Å². The number of amides is 2. The Morgan fingerprint density at radius 1 is 0.861 bits per heavy atom. The number of hydrogen-bond acceptors (Lipinski definition) is 4. The predicted molar refractivity (Wildman–Crippen MR) is 124 cm³/mol. The van der Waals surface area contributed by atoms with Gasteiger partial charge in [0, 0.05) is 33.2 Å². The Hall–Kier alpha value is -3.63. The van der Waals surface area contributed by atoms with Crippen molar-refractivity contribution < 1.29 is 32.0 Å². The summed E-state index contributed by atoms with van der Waals surface area (Å²) >= 11 is 11.8. The second-order valence-electron chi connectivity index (χ2n) is 7.78. The van der Waals surface area contributed by atoms with Crippen LogP contribution in [0.4, 0.5) is 17.6 Å². The standard InChI is InChI=1S/C24H15Cl2F4N3O3/c25-17-9-16(10-18(26)11-17)23(24(28,29)30)12-20(33-36-23)13-1-3-14(4-2-13)21(34)31-32-22(35)15-5-7-19(27)8-6-15/h1-11H,12H2,(H,31,34)(H,32,35). The molecular weight excluding hydrogens is 525 g/mol. The van der Waals surface area contributed by atoms with Crippen LogP contribution in [0.25, 0.3) is 0 Å². The third-order valence-corrected chi connectivity index (χ3v) is 5.83. The van der Waals surface area contributed by atoms with Gasteiger partial charge in [0.05, 0.1) is 5.71 Å². The van der Waals surface area contributed by atoms with E-state index in [0.717, 1.165) is 24.3 Å². The maximum atomic E-state index is 14.1. The molecule has 1 atom stereocenters. The zero-order valence-electron chi connectivity index (χ0n) is 18.0. The van der Waals surface area contributed by atoms with Gasteiger partial charge < -0.3 is 4.84 Å². The van der Waals surface area contributed by atoms with Crippen molar-refractivity contribution in [2.75, 3.05) is 0 Å². The molecule has 0 aromatic heterocycles. The number of nitrogens with one attached hydrogen (secondary N) is 2. The largest absolute Gasteiger partial charge is 0.435 e. The first-order valence-electron chi connectivity index (χ1n) is 10.2. The minimum atomic E-state index is -4.84. The normalized spacial score (nSPS) is 17.2. The van der Waals surface area contributed by atoms with Crippen LogP contribution in [0.5, 0.6) is 0 Å². The van der Waals surface area contributed by atoms with Crippen molar-refractivity contribution >= 4 is 40.7 Å². The second kappa shape index (κ2) is 9.79. The summed E-state index contributed by atoms with van der Waals surface area (Å²) < 4.78 is 55.3. The molecule has 4 rings (SSSR count). The molecule has 6 nitrogen and oxygen atoms in total. The van der Waals surface area contributed by atoms with Crippen molar-refractivity contribution in [3.63, 3.8) is 0 Å². The van der Waals surface area contributed by atoms with E-state index in [0.29, 0.717) is 5.56 Å². The summed E-state index contributed by atoms with van der Waals surface area (Å²) in [5.74, 6) is -1.86. The van der Waals surface area contributed by atoms with Gasteiger partial charge in [-0.3, -0.25) is 20.4 Å². The Balaban J connectivity index is 1.46. The molecule has 12 heteroatoms. The maximum Gasteiger partial charge on any atom is 0.435 e. The Bertz CT molecular complexity index is 1330. The van der Waals surface area contributed by atoms with Crippen LogP contribution in [-0.4, -0.2) is 23.7 Å². The van der Waals surface area contributed by atoms with Crippen LogP contribution < -0.4 is 10.9 Å². The number of oxime groups is 1. The zero-order chi connectivity index (χ0) is 26.1. The van der Waals surface area contributed by atoms with Crippen LogP contribution in [0.2, 0.25) is 10.0 Å². The van der Waals surface area contributed by atoms with Gasteiger partial charge in [0.15, 0.2) is 0 Å². The van der Waals surface area contributed by atoms with Crippen molar-refractivity contribution in [2.24, 2.45) is 5.16 Å². The number of hydrazine groups is 1. The van der Waals surface area contributed by atoms with Gasteiger partial charge in [-0.15, -0.1) is 0 Å². The van der Waals surface area contributed by atoms with Gasteiger partial charge in [-0.1, -0.05) is 40.5 Å². The molecule has 3 aromatic carbocycles. The van der Waals surface area contributed by atoms with E-state index in [1.807, 2.05) is 0 Å². The van der Waals surface area contributed by atoms with Crippen LogP contribution in [0.1, 0.15) is 38.3 Å². The average molecular weight is 540 g/mol. The molecule has 0 bridgehead atoms. The van der Waals surface area contributed by atoms with Gasteiger partial charge in [-0.25, -0.2) is 4.39 Å². The van der Waals surface area contributed by atoms with Crippen LogP contribution in [-0.2, 0) is 10.4 Å². The molecule has 36 heavy (non-hydrogen) atoms. The van der Waals surface area contributed by atoms with E-state index < -0.39 is 35.8 Å². The highest BCUT2D eigenvalue weighted by Gasteiger charge is 2.62. The number of carbonyl (C=O) groups excluding carboxylic acids is 2. The quantitative estimate of drug-likeness (QED) is 0.325. The van der Waals surface area contributed by atoms with Gasteiger partial charge in [-0.05, 0) is 60.2 Å². The van der Waals surface area contributed by atoms with Crippen LogP contribution in [0, 0.1) is 5.82 Å². The summed E-state index contributed by atoms with van der Waals surface area (Å²) in [7, 11) is 0. The summed E-state index contributed by atoms with van der Waals surface area (Å²) in [6.45, 7) is 0. The lowest BCUT2D eigenvalue weighted by molar-refractivity contribution is -0.275. The van der Waals surface area contributed by atoms with Crippen LogP contribution in [0.3, 0.4) is 0 Å². The number of alkyl halides is 3. The molecule has 0 saturated carbocycles. The lowest BCUT2D eigenvalue weighted by Gasteiger charge is -2.29. The molecule has 1 unspecified atom stereocenters. The molecule has 2 N–H and O–H groups in total. The third-order valence-electron chi connectivity index (χ3n) is 5.39. The number of hydrogen-bond donors (Lipinski definition) is 2. The molecule has 0 fully saturated rings. The SMILES string of the molecule is O=C(NNC(=O)c1ccc(C2=NOC(c3cc(Cl)cc(Cl)c3)(C(F)(F)F)C2)cc1)c1ccc(F)cc1. The Morgan fingerprint density at radius 3 is 1.86 bits per heavy atom. The minimum Gasteiger partial charge on any atom is -0.374 e. The minimum absolute atomic E-state index is 0.00000582. The Labute approximate surface area is 211 Å². The first kappa shape index (κ1) is 25.5. The smallest absolute Gasteiger partial charge is 0.374 e. The van der Waals surface area contributed by atoms with Gasteiger partial charge >= 0.3 is 6.18 Å². The molecule has 0 aliphatic carbocycles. The van der Waals surface area contributed by atoms with Gasteiger partial charge in [-0.2, -0.15) is 13.2 Å². The molecule has 0 radical (unpaired) electrons. The molecule has 0 saturated heterocycles. The van der Waals surface area contributed by atoms with E-state index in [-0.39, 0.29) is 32.4 Å². The second-order valence-corrected chi connectivity index (χ2v) is 8.65. The highest BCUT2D eigenvalue weighted by atomic mass is 35.5. The molecule has 1 heterocycles. The topological polar surface area (TPSA) is 79.8 Å². The number of halogens is 6. The van der Waals surface area contributed by atoms with E-state index in [2.05, 4.69) is 16.0 Å². The maximum absolute atomic E-state index is 14.1. The summed E-state index contributed by atoms with van der Waals surface area (Å²) in [4.78, 5) is 29.3. The van der Waals surface area contributed by atoms with Crippen LogP contribution in [0.15, 0.2) is 71.9 Å². The summed E-state index contributed by atoms with van der Waals surface area (Å²) in [5.41, 5.74) is 1.85. The molecule has 186 valence electrons. The molecule has 0 spiro atoms. The third kappa shape index (κ3) is 5.14. The van der Waals surface area contributed by atoms with Gasteiger partial charge in [0.1, 0.15) is 5.82 Å². The monoisotopic (exact) mass is 539 g/mol. The van der Waals surface area contributed by atoms with Gasteiger partial charge in [0.25, 0.3) is 17.4 Å². The summed E-state index contributed by atoms with van der Waals surface area (Å²) in [6.07, 6.45) is -5.48. The lowest BCUT2D eigenvalue weighted by Crippen LogP contribution is -2.42. The fourth-order valence-electron chi connectivity index (χ4n) is 3.52. The Kier molecular flexibility index (Phi) is 6.92. The number of carbonyl (C=O) groups is 2. The summed E-state index contributed by atoms with van der Waals surface area (Å²) in [6, 6.07) is 13.7. The average Bonchev–Trinajstić information content (AvgIpc) is 3.29. The molecule has 1 aliphatic heterocycles. The first-order chi connectivity index (χ1) is 17.0. The first-order valence-corrected chi connectivity index (χ1v) is 11.0. The van der Waals surface area contributed by atoms with E-state index in [1.54, 1.807) is 0 Å². The fourth-order valence-corrected chi connectivity index (χ4v) is 4.04. The predicted octanol–water partition coefficient (Wildman–Crippen LogP) is 5.79. The van der Waals surface area contributed by atoms with Crippen molar-refractivity contribution in [1.29, 1.82) is 0 Å². The Morgan fingerprint density at radius 2 is 1.36 bits per heavy atom. The molecule has 3 aromatic rings. The van der Waals surface area contributed by atoms with Crippen molar-refractivity contribution in [3.8, 4) is 0 Å². The van der Waals surface area contributed by atoms with Gasteiger partial charge in [0.2, 0.25) is 0 Å². The number of nitrogens with zero attached hydrogens (tertiary/aromatic N) is 1. The number of rotatable bonds is 4.